The summed E-state index contributed by atoms with van der Waals surface area (Å²) in [5.41, 5.74) is -0.207. The summed E-state index contributed by atoms with van der Waals surface area (Å²) in [6.45, 7) is 7.84. The highest BCUT2D eigenvalue weighted by Crippen LogP contribution is 2.36. The minimum Gasteiger partial charge on any atom is -0.437 e. The Kier molecular flexibility index (Phi) is 7.51. The van der Waals surface area contributed by atoms with Crippen LogP contribution in [0.5, 0.6) is 11.6 Å². The van der Waals surface area contributed by atoms with Crippen molar-refractivity contribution in [2.45, 2.75) is 51.0 Å². The Hall–Kier alpha value is -3.48. The molecule has 0 aliphatic carbocycles. The SMILES string of the molecule is Cc1c(C(=O)N2CCCC2)nn(-c2ccc(Cl)cc2)c1Oc1ccc([N+](=O)[O-])cc1S(=O)(=O)NC(C)(C)C. The van der Waals surface area contributed by atoms with Gasteiger partial charge in [0, 0.05) is 41.3 Å². The van der Waals surface area contributed by atoms with Crippen LogP contribution < -0.4 is 9.46 Å². The highest BCUT2D eigenvalue weighted by molar-refractivity contribution is 7.89. The van der Waals surface area contributed by atoms with Crippen molar-refractivity contribution in [1.29, 1.82) is 0 Å². The van der Waals surface area contributed by atoms with Crippen molar-refractivity contribution in [1.82, 2.24) is 19.4 Å². The Morgan fingerprint density at radius 2 is 1.76 bits per heavy atom. The maximum atomic E-state index is 13.3. The first kappa shape index (κ1) is 27.6. The van der Waals surface area contributed by atoms with Gasteiger partial charge in [0.1, 0.15) is 10.6 Å². The Balaban J connectivity index is 1.87. The summed E-state index contributed by atoms with van der Waals surface area (Å²) in [5, 5.41) is 16.5. The molecule has 2 heterocycles. The van der Waals surface area contributed by atoms with Crippen LogP contribution in [-0.4, -0.2) is 52.6 Å². The van der Waals surface area contributed by atoms with E-state index in [4.69, 9.17) is 16.3 Å². The first-order valence-corrected chi connectivity index (χ1v) is 13.8. The quantitative estimate of drug-likeness (QED) is 0.321. The lowest BCUT2D eigenvalue weighted by molar-refractivity contribution is -0.385. The standard InChI is InChI=1S/C25H28ClN5O6S/c1-16-22(23(32)29-13-5-6-14-29)27-30(18-9-7-17(26)8-10-18)24(16)37-20-12-11-19(31(33)34)15-21(20)38(35,36)28-25(2,3)4/h7-12,15,28H,5-6,13-14H2,1-4H3. The Bertz CT molecular complexity index is 1490. The first-order chi connectivity index (χ1) is 17.8. The number of rotatable bonds is 7. The zero-order valence-corrected chi connectivity index (χ0v) is 23.0. The van der Waals surface area contributed by atoms with E-state index in [-0.39, 0.29) is 23.2 Å². The number of sulfonamides is 1. The third kappa shape index (κ3) is 5.82. The zero-order chi connectivity index (χ0) is 27.8. The second kappa shape index (κ2) is 10.4. The summed E-state index contributed by atoms with van der Waals surface area (Å²) < 4.78 is 36.6. The van der Waals surface area contributed by atoms with Gasteiger partial charge in [-0.05, 0) is 70.9 Å². The maximum Gasteiger partial charge on any atom is 0.274 e. The van der Waals surface area contributed by atoms with Crippen molar-refractivity contribution < 1.29 is 22.9 Å². The molecule has 1 saturated heterocycles. The average molecular weight is 562 g/mol. The van der Waals surface area contributed by atoms with Crippen molar-refractivity contribution in [2.24, 2.45) is 0 Å². The number of likely N-dealkylation sites (tertiary alicyclic amines) is 1. The molecular formula is C25H28ClN5O6S. The number of carbonyl (C=O) groups is 1. The topological polar surface area (TPSA) is 137 Å². The van der Waals surface area contributed by atoms with Gasteiger partial charge in [-0.3, -0.25) is 14.9 Å². The van der Waals surface area contributed by atoms with Crippen molar-refractivity contribution in [3.63, 3.8) is 0 Å². The highest BCUT2D eigenvalue weighted by atomic mass is 35.5. The number of hydrogen-bond donors (Lipinski definition) is 1. The lowest BCUT2D eigenvalue weighted by atomic mass is 10.1. The lowest BCUT2D eigenvalue weighted by Crippen LogP contribution is -2.40. The van der Waals surface area contributed by atoms with Crippen LogP contribution in [0.4, 0.5) is 5.69 Å². The summed E-state index contributed by atoms with van der Waals surface area (Å²) in [5.74, 6) is -0.329. The second-order valence-corrected chi connectivity index (χ2v) is 12.1. The molecule has 0 spiro atoms. The van der Waals surface area contributed by atoms with Crippen LogP contribution in [-0.2, 0) is 10.0 Å². The fourth-order valence-corrected chi connectivity index (χ4v) is 5.79. The van der Waals surface area contributed by atoms with Gasteiger partial charge in [0.25, 0.3) is 11.6 Å². The number of carbonyl (C=O) groups excluding carboxylic acids is 1. The molecule has 2 aromatic carbocycles. The number of aromatic nitrogens is 2. The number of non-ortho nitro benzene ring substituents is 1. The molecule has 1 amide bonds. The monoisotopic (exact) mass is 561 g/mol. The van der Waals surface area contributed by atoms with Gasteiger partial charge in [0.05, 0.1) is 10.6 Å². The largest absolute Gasteiger partial charge is 0.437 e. The number of halogens is 1. The van der Waals surface area contributed by atoms with E-state index in [1.807, 2.05) is 0 Å². The van der Waals surface area contributed by atoms with Crippen molar-refractivity contribution >= 4 is 33.2 Å². The molecule has 1 aliphatic heterocycles. The van der Waals surface area contributed by atoms with Crippen molar-refractivity contribution in [2.75, 3.05) is 13.1 Å². The third-order valence-electron chi connectivity index (χ3n) is 5.81. The number of nitro groups is 1. The van der Waals surface area contributed by atoms with E-state index in [9.17, 15) is 23.3 Å². The summed E-state index contributed by atoms with van der Waals surface area (Å²) in [6, 6.07) is 9.97. The second-order valence-electron chi connectivity index (χ2n) is 10.0. The first-order valence-electron chi connectivity index (χ1n) is 11.9. The van der Waals surface area contributed by atoms with Crippen LogP contribution in [0.3, 0.4) is 0 Å². The summed E-state index contributed by atoms with van der Waals surface area (Å²) >= 11 is 6.06. The molecule has 1 aliphatic rings. The van der Waals surface area contributed by atoms with Crippen LogP contribution in [0, 0.1) is 17.0 Å². The fraction of sp³-hybridized carbons (Fsp3) is 0.360. The van der Waals surface area contributed by atoms with Crippen LogP contribution in [0.25, 0.3) is 5.69 Å². The number of nitro benzene ring substituents is 1. The summed E-state index contributed by atoms with van der Waals surface area (Å²) in [4.78, 5) is 25.3. The molecule has 0 radical (unpaired) electrons. The van der Waals surface area contributed by atoms with Crippen LogP contribution in [0.2, 0.25) is 5.02 Å². The van der Waals surface area contributed by atoms with Crippen molar-refractivity contribution in [3.05, 3.63) is 68.9 Å². The van der Waals surface area contributed by atoms with Gasteiger partial charge in [0.15, 0.2) is 5.69 Å². The molecule has 1 N–H and O–H groups in total. The molecule has 13 heteroatoms. The minimum absolute atomic E-state index is 0.0935. The van der Waals surface area contributed by atoms with E-state index in [0.717, 1.165) is 25.0 Å². The van der Waals surface area contributed by atoms with Crippen LogP contribution >= 0.6 is 11.6 Å². The number of ether oxygens (including phenoxy) is 1. The Morgan fingerprint density at radius 3 is 2.34 bits per heavy atom. The zero-order valence-electron chi connectivity index (χ0n) is 21.4. The molecule has 4 rings (SSSR count). The predicted molar refractivity (Wildman–Crippen MR) is 142 cm³/mol. The van der Waals surface area contributed by atoms with Gasteiger partial charge in [0.2, 0.25) is 15.9 Å². The van der Waals surface area contributed by atoms with Crippen molar-refractivity contribution in [3.8, 4) is 17.3 Å². The molecule has 0 saturated carbocycles. The third-order valence-corrected chi connectivity index (χ3v) is 7.84. The summed E-state index contributed by atoms with van der Waals surface area (Å²) in [7, 11) is -4.25. The Labute approximate surface area is 225 Å². The molecule has 0 bridgehead atoms. The molecule has 3 aromatic rings. The molecule has 11 nitrogen and oxygen atoms in total. The van der Waals surface area contributed by atoms with Gasteiger partial charge in [-0.15, -0.1) is 0 Å². The van der Waals surface area contributed by atoms with E-state index >= 15 is 0 Å². The molecule has 202 valence electrons. The Morgan fingerprint density at radius 1 is 1.13 bits per heavy atom. The minimum atomic E-state index is -4.25. The van der Waals surface area contributed by atoms with E-state index in [1.165, 1.54) is 10.7 Å². The predicted octanol–water partition coefficient (Wildman–Crippen LogP) is 4.85. The molecule has 38 heavy (non-hydrogen) atoms. The summed E-state index contributed by atoms with van der Waals surface area (Å²) in [6.07, 6.45) is 1.80. The van der Waals surface area contributed by atoms with Gasteiger partial charge in [-0.1, -0.05) is 11.6 Å². The van der Waals surface area contributed by atoms with Crippen LogP contribution in [0.15, 0.2) is 47.4 Å². The van der Waals surface area contributed by atoms with Gasteiger partial charge in [-0.2, -0.15) is 9.78 Å². The van der Waals surface area contributed by atoms with Gasteiger partial charge >= 0.3 is 0 Å². The number of amides is 1. The molecule has 1 aromatic heterocycles. The van der Waals surface area contributed by atoms with Crippen LogP contribution in [0.1, 0.15) is 49.7 Å². The molecule has 0 unspecified atom stereocenters. The van der Waals surface area contributed by atoms with Gasteiger partial charge < -0.3 is 9.64 Å². The maximum absolute atomic E-state index is 13.3. The molecule has 0 atom stereocenters. The number of benzene rings is 2. The molecular weight excluding hydrogens is 534 g/mol. The smallest absolute Gasteiger partial charge is 0.274 e. The number of nitrogens with one attached hydrogen (secondary N) is 1. The van der Waals surface area contributed by atoms with Gasteiger partial charge in [-0.25, -0.2) is 13.1 Å². The number of hydrogen-bond acceptors (Lipinski definition) is 7. The number of nitrogens with zero attached hydrogens (tertiary/aromatic N) is 4. The fourth-order valence-electron chi connectivity index (χ4n) is 4.10. The lowest BCUT2D eigenvalue weighted by Gasteiger charge is -2.21. The van der Waals surface area contributed by atoms with E-state index < -0.39 is 31.1 Å². The average Bonchev–Trinajstić information content (AvgIpc) is 3.47. The highest BCUT2D eigenvalue weighted by Gasteiger charge is 2.31. The molecule has 1 fully saturated rings. The normalized spacial score (nSPS) is 14.1. The van der Waals surface area contributed by atoms with E-state index in [2.05, 4.69) is 9.82 Å². The van der Waals surface area contributed by atoms with E-state index in [0.29, 0.717) is 29.4 Å². The van der Waals surface area contributed by atoms with E-state index in [1.54, 1.807) is 56.9 Å².